The summed E-state index contributed by atoms with van der Waals surface area (Å²) < 4.78 is 35.8. The van der Waals surface area contributed by atoms with Gasteiger partial charge in [0.1, 0.15) is 5.51 Å². The van der Waals surface area contributed by atoms with Crippen LogP contribution in [0.5, 0.6) is 0 Å². The molecule has 1 aromatic rings. The van der Waals surface area contributed by atoms with E-state index >= 15 is 0 Å². The van der Waals surface area contributed by atoms with E-state index < -0.39 is 18.0 Å². The maximum atomic E-state index is 11.8. The Balaban J connectivity index is 2.35. The van der Waals surface area contributed by atoms with Crippen molar-refractivity contribution in [1.82, 2.24) is 10.2 Å². The summed E-state index contributed by atoms with van der Waals surface area (Å²) in [7, 11) is 0. The predicted octanol–water partition coefficient (Wildman–Crippen LogP) is 1.55. The zero-order valence-corrected chi connectivity index (χ0v) is 7.79. The van der Waals surface area contributed by atoms with Crippen molar-refractivity contribution in [1.29, 1.82) is 0 Å². The van der Waals surface area contributed by atoms with Crippen molar-refractivity contribution in [2.75, 3.05) is 5.75 Å². The lowest BCUT2D eigenvalue weighted by Gasteiger charge is -2.12. The van der Waals surface area contributed by atoms with Crippen molar-refractivity contribution in [3.63, 3.8) is 0 Å². The number of alkyl halides is 3. The molecular formula is C5H5F3N2OS2. The second kappa shape index (κ2) is 4.25. The Hall–Kier alpha value is -0.340. The Morgan fingerprint density at radius 2 is 2.31 bits per heavy atom. The fraction of sp³-hybridized carbons (Fsp3) is 0.600. The molecule has 1 atom stereocenters. The highest BCUT2D eigenvalue weighted by atomic mass is 32.2. The maximum Gasteiger partial charge on any atom is 0.415 e. The third kappa shape index (κ3) is 3.49. The summed E-state index contributed by atoms with van der Waals surface area (Å²) in [5.41, 5.74) is 1.42. The summed E-state index contributed by atoms with van der Waals surface area (Å²) in [4.78, 5) is 0. The van der Waals surface area contributed by atoms with Crippen LogP contribution in [0.4, 0.5) is 13.2 Å². The van der Waals surface area contributed by atoms with E-state index in [0.717, 1.165) is 23.1 Å². The molecule has 0 aliphatic carbocycles. The van der Waals surface area contributed by atoms with Crippen LogP contribution < -0.4 is 0 Å². The number of aliphatic hydroxyl groups excluding tert-OH is 1. The fourth-order valence-electron chi connectivity index (χ4n) is 0.471. The molecule has 0 saturated carbocycles. The smallest absolute Gasteiger partial charge is 0.383 e. The molecule has 0 amide bonds. The van der Waals surface area contributed by atoms with Crippen molar-refractivity contribution in [3.8, 4) is 0 Å². The van der Waals surface area contributed by atoms with Crippen molar-refractivity contribution < 1.29 is 18.3 Å². The van der Waals surface area contributed by atoms with Gasteiger partial charge in [-0.3, -0.25) is 0 Å². The Morgan fingerprint density at radius 3 is 2.77 bits per heavy atom. The Morgan fingerprint density at radius 1 is 1.62 bits per heavy atom. The first-order chi connectivity index (χ1) is 6.00. The SMILES string of the molecule is OC(CSc1nncs1)C(F)(F)F. The standard InChI is InChI=1S/C5H5F3N2OS2/c6-5(7,8)3(11)1-12-4-10-9-2-13-4/h2-3,11H,1H2. The molecule has 1 N–H and O–H groups in total. The predicted molar refractivity (Wildman–Crippen MR) is 42.7 cm³/mol. The minimum absolute atomic E-state index is 0.420. The van der Waals surface area contributed by atoms with Crippen LogP contribution in [0.15, 0.2) is 9.85 Å². The van der Waals surface area contributed by atoms with E-state index in [1.807, 2.05) is 0 Å². The number of rotatable bonds is 3. The fourth-order valence-corrected chi connectivity index (χ4v) is 1.95. The first-order valence-electron chi connectivity index (χ1n) is 3.14. The van der Waals surface area contributed by atoms with E-state index in [1.54, 1.807) is 0 Å². The molecule has 0 saturated heterocycles. The quantitative estimate of drug-likeness (QED) is 0.800. The highest BCUT2D eigenvalue weighted by Crippen LogP contribution is 2.26. The van der Waals surface area contributed by atoms with E-state index in [4.69, 9.17) is 5.11 Å². The van der Waals surface area contributed by atoms with Gasteiger partial charge < -0.3 is 5.11 Å². The monoisotopic (exact) mass is 230 g/mol. The number of thioether (sulfide) groups is 1. The van der Waals surface area contributed by atoms with Crippen molar-refractivity contribution in [3.05, 3.63) is 5.51 Å². The zero-order valence-electron chi connectivity index (χ0n) is 6.15. The molecule has 0 radical (unpaired) electrons. The van der Waals surface area contributed by atoms with Crippen LogP contribution in [0.2, 0.25) is 0 Å². The van der Waals surface area contributed by atoms with Gasteiger partial charge in [0.2, 0.25) is 0 Å². The molecule has 13 heavy (non-hydrogen) atoms. The van der Waals surface area contributed by atoms with Crippen LogP contribution in [0.3, 0.4) is 0 Å². The molecular weight excluding hydrogens is 225 g/mol. The number of halogens is 3. The van der Waals surface area contributed by atoms with Crippen LogP contribution in [0.25, 0.3) is 0 Å². The molecule has 1 rings (SSSR count). The first-order valence-corrected chi connectivity index (χ1v) is 5.00. The normalized spacial score (nSPS) is 14.5. The van der Waals surface area contributed by atoms with Gasteiger partial charge in [-0.1, -0.05) is 23.1 Å². The van der Waals surface area contributed by atoms with Crippen molar-refractivity contribution >= 4 is 23.1 Å². The summed E-state index contributed by atoms with van der Waals surface area (Å²) >= 11 is 1.97. The van der Waals surface area contributed by atoms with Gasteiger partial charge >= 0.3 is 6.18 Å². The minimum atomic E-state index is -4.56. The minimum Gasteiger partial charge on any atom is -0.383 e. The Kier molecular flexibility index (Phi) is 3.51. The van der Waals surface area contributed by atoms with Gasteiger partial charge in [0.25, 0.3) is 0 Å². The molecule has 74 valence electrons. The number of aromatic nitrogens is 2. The lowest BCUT2D eigenvalue weighted by atomic mass is 10.4. The second-order valence-corrected chi connectivity index (χ2v) is 4.17. The molecule has 0 bridgehead atoms. The van der Waals surface area contributed by atoms with E-state index in [9.17, 15) is 13.2 Å². The molecule has 0 spiro atoms. The number of hydrogen-bond acceptors (Lipinski definition) is 5. The van der Waals surface area contributed by atoms with Gasteiger partial charge in [0, 0.05) is 5.75 Å². The Labute approximate surface area is 80.0 Å². The van der Waals surface area contributed by atoms with Crippen LogP contribution in [-0.2, 0) is 0 Å². The molecule has 0 fully saturated rings. The summed E-state index contributed by atoms with van der Waals surface area (Å²) in [6, 6.07) is 0. The summed E-state index contributed by atoms with van der Waals surface area (Å²) in [5.74, 6) is -0.446. The highest BCUT2D eigenvalue weighted by Gasteiger charge is 2.38. The maximum absolute atomic E-state index is 11.8. The highest BCUT2D eigenvalue weighted by molar-refractivity contribution is 8.01. The van der Waals surface area contributed by atoms with Crippen molar-refractivity contribution in [2.45, 2.75) is 16.6 Å². The van der Waals surface area contributed by atoms with Gasteiger partial charge in [0.05, 0.1) is 0 Å². The van der Waals surface area contributed by atoms with Crippen molar-refractivity contribution in [2.24, 2.45) is 0 Å². The number of nitrogens with zero attached hydrogens (tertiary/aromatic N) is 2. The second-order valence-electron chi connectivity index (χ2n) is 2.07. The lowest BCUT2D eigenvalue weighted by molar-refractivity contribution is -0.195. The third-order valence-corrected chi connectivity index (χ3v) is 3.02. The van der Waals surface area contributed by atoms with E-state index in [2.05, 4.69) is 10.2 Å². The molecule has 3 nitrogen and oxygen atoms in total. The number of aliphatic hydroxyl groups is 1. The van der Waals surface area contributed by atoms with E-state index in [0.29, 0.717) is 4.34 Å². The molecule has 1 unspecified atom stereocenters. The van der Waals surface area contributed by atoms with Gasteiger partial charge in [-0.25, -0.2) is 0 Å². The molecule has 0 aliphatic rings. The third-order valence-electron chi connectivity index (χ3n) is 1.08. The summed E-state index contributed by atoms with van der Waals surface area (Å²) in [6.45, 7) is 0. The van der Waals surface area contributed by atoms with E-state index in [1.165, 1.54) is 5.51 Å². The van der Waals surface area contributed by atoms with Gasteiger partial charge in [-0.2, -0.15) is 13.2 Å². The average molecular weight is 230 g/mol. The average Bonchev–Trinajstić information content (AvgIpc) is 2.50. The molecule has 8 heteroatoms. The van der Waals surface area contributed by atoms with Crippen LogP contribution in [-0.4, -0.2) is 33.3 Å². The van der Waals surface area contributed by atoms with Crippen LogP contribution in [0, 0.1) is 0 Å². The molecule has 1 heterocycles. The largest absolute Gasteiger partial charge is 0.415 e. The van der Waals surface area contributed by atoms with Gasteiger partial charge in [-0.05, 0) is 0 Å². The number of hydrogen-bond donors (Lipinski definition) is 1. The van der Waals surface area contributed by atoms with Crippen LogP contribution in [0.1, 0.15) is 0 Å². The van der Waals surface area contributed by atoms with Gasteiger partial charge in [0.15, 0.2) is 10.4 Å². The summed E-state index contributed by atoms with van der Waals surface area (Å²) in [6.07, 6.45) is -6.86. The molecule has 1 aromatic heterocycles. The van der Waals surface area contributed by atoms with E-state index in [-0.39, 0.29) is 0 Å². The first kappa shape index (κ1) is 10.7. The molecule has 0 aromatic carbocycles. The topological polar surface area (TPSA) is 46.0 Å². The van der Waals surface area contributed by atoms with Crippen LogP contribution >= 0.6 is 23.1 Å². The molecule has 0 aliphatic heterocycles. The summed E-state index contributed by atoms with van der Waals surface area (Å²) in [5, 5.41) is 15.6. The Bertz CT molecular complexity index is 251. The lowest BCUT2D eigenvalue weighted by Crippen LogP contribution is -2.30. The zero-order chi connectivity index (χ0) is 9.90. The van der Waals surface area contributed by atoms with Gasteiger partial charge in [-0.15, -0.1) is 10.2 Å².